The van der Waals surface area contributed by atoms with Crippen molar-refractivity contribution < 1.29 is 32.6 Å². The smallest absolute Gasteiger partial charge is 0.416 e. The molecule has 42 heavy (non-hydrogen) atoms. The molecule has 5 rings (SSSR count). The van der Waals surface area contributed by atoms with Crippen LogP contribution in [0.25, 0.3) is 10.8 Å². The van der Waals surface area contributed by atoms with E-state index in [2.05, 4.69) is 17.4 Å². The van der Waals surface area contributed by atoms with E-state index < -0.39 is 23.8 Å². The first-order valence-corrected chi connectivity index (χ1v) is 13.3. The van der Waals surface area contributed by atoms with E-state index in [-0.39, 0.29) is 54.7 Å². The maximum atomic E-state index is 13.5. The predicted molar refractivity (Wildman–Crippen MR) is 156 cm³/mol. The lowest BCUT2D eigenvalue weighted by Crippen LogP contribution is -2.33. The van der Waals surface area contributed by atoms with Gasteiger partial charge in [-0.1, -0.05) is 60.7 Å². The van der Waals surface area contributed by atoms with Gasteiger partial charge in [-0.3, -0.25) is 0 Å². The number of carbonyl (C=O) groups is 2. The summed E-state index contributed by atoms with van der Waals surface area (Å²) in [7, 11) is 0. The molecule has 1 aliphatic heterocycles. The lowest BCUT2D eigenvalue weighted by atomic mass is 9.87. The summed E-state index contributed by atoms with van der Waals surface area (Å²) in [6.45, 7) is 2.97. The van der Waals surface area contributed by atoms with Crippen molar-refractivity contribution in [1.82, 2.24) is 10.2 Å². The molecule has 4 aromatic carbocycles. The first-order chi connectivity index (χ1) is 19.6. The van der Waals surface area contributed by atoms with Gasteiger partial charge in [0.2, 0.25) is 0 Å². The Labute approximate surface area is 247 Å². The fraction of sp³-hybridized carbons (Fsp3) is 0.250. The summed E-state index contributed by atoms with van der Waals surface area (Å²) in [5.41, 5.74) is 0.941. The highest BCUT2D eigenvalue weighted by Crippen LogP contribution is 2.37. The van der Waals surface area contributed by atoms with Crippen LogP contribution >= 0.6 is 12.4 Å². The summed E-state index contributed by atoms with van der Waals surface area (Å²) in [5, 5.41) is 14.9. The molecule has 1 fully saturated rings. The number of alkyl halides is 3. The molecule has 0 radical (unpaired) electrons. The van der Waals surface area contributed by atoms with E-state index in [0.29, 0.717) is 12.1 Å². The second-order valence-electron chi connectivity index (χ2n) is 10.3. The molecule has 0 saturated carbocycles. The van der Waals surface area contributed by atoms with Crippen LogP contribution in [0, 0.1) is 5.92 Å². The lowest BCUT2D eigenvalue weighted by Gasteiger charge is -2.23. The largest absolute Gasteiger partial charge is 0.478 e. The van der Waals surface area contributed by atoms with Gasteiger partial charge < -0.3 is 20.1 Å². The summed E-state index contributed by atoms with van der Waals surface area (Å²) in [5.74, 6) is -1.45. The Morgan fingerprint density at radius 2 is 1.67 bits per heavy atom. The SMILES string of the molecule is C[C@@H](NC[C@H]1CN(C(=O)Oc2ccc(C(=O)O)cc2)C[C@@H]1c1cccc(C(F)(F)F)c1)c1cccc2ccccc12.Cl. The van der Waals surface area contributed by atoms with Crippen molar-refractivity contribution in [2.24, 2.45) is 5.92 Å². The molecule has 220 valence electrons. The van der Waals surface area contributed by atoms with Crippen LogP contribution in [0.15, 0.2) is 91.0 Å². The van der Waals surface area contributed by atoms with Gasteiger partial charge >= 0.3 is 18.2 Å². The molecule has 4 aromatic rings. The molecule has 10 heteroatoms. The number of carbonyl (C=O) groups excluding carboxylic acids is 1. The molecule has 0 aromatic heterocycles. The average Bonchev–Trinajstić information content (AvgIpc) is 3.40. The van der Waals surface area contributed by atoms with Crippen LogP contribution < -0.4 is 10.1 Å². The Morgan fingerprint density at radius 3 is 2.38 bits per heavy atom. The maximum absolute atomic E-state index is 13.5. The number of hydrogen-bond acceptors (Lipinski definition) is 4. The van der Waals surface area contributed by atoms with Gasteiger partial charge in [0.05, 0.1) is 11.1 Å². The molecule has 1 saturated heterocycles. The number of benzene rings is 4. The molecular formula is C32H30ClF3N2O4. The number of fused-ring (bicyclic) bond motifs is 1. The minimum Gasteiger partial charge on any atom is -0.478 e. The van der Waals surface area contributed by atoms with Gasteiger partial charge in [0.1, 0.15) is 5.75 Å². The molecule has 6 nitrogen and oxygen atoms in total. The van der Waals surface area contributed by atoms with Crippen LogP contribution in [0.2, 0.25) is 0 Å². The minimum atomic E-state index is -4.48. The Kier molecular flexibility index (Phi) is 9.43. The van der Waals surface area contributed by atoms with Crippen LogP contribution in [0.5, 0.6) is 5.75 Å². The van der Waals surface area contributed by atoms with Crippen LogP contribution in [0.4, 0.5) is 18.0 Å². The molecule has 0 aliphatic carbocycles. The second kappa shape index (κ2) is 12.8. The molecule has 0 spiro atoms. The molecule has 3 atom stereocenters. The monoisotopic (exact) mass is 598 g/mol. The van der Waals surface area contributed by atoms with Gasteiger partial charge in [0, 0.05) is 31.6 Å². The van der Waals surface area contributed by atoms with Gasteiger partial charge in [-0.2, -0.15) is 13.2 Å². The van der Waals surface area contributed by atoms with E-state index in [1.165, 1.54) is 35.2 Å². The second-order valence-corrected chi connectivity index (χ2v) is 10.3. The topological polar surface area (TPSA) is 78.9 Å². The zero-order chi connectivity index (χ0) is 29.1. The summed E-state index contributed by atoms with van der Waals surface area (Å²) >= 11 is 0. The Hall–Kier alpha value is -4.08. The van der Waals surface area contributed by atoms with Crippen LogP contribution in [0.3, 0.4) is 0 Å². The number of nitrogens with one attached hydrogen (secondary N) is 1. The van der Waals surface area contributed by atoms with Gasteiger partial charge in [0.15, 0.2) is 0 Å². The van der Waals surface area contributed by atoms with Crippen molar-refractivity contribution in [3.63, 3.8) is 0 Å². The molecule has 2 N–H and O–H groups in total. The zero-order valence-corrected chi connectivity index (χ0v) is 23.5. The third-order valence-electron chi connectivity index (χ3n) is 7.62. The third kappa shape index (κ3) is 6.86. The highest BCUT2D eigenvalue weighted by Gasteiger charge is 2.38. The summed E-state index contributed by atoms with van der Waals surface area (Å²) in [6, 6.07) is 24.9. The summed E-state index contributed by atoms with van der Waals surface area (Å²) in [4.78, 5) is 25.7. The normalized spacial score (nSPS) is 17.5. The summed E-state index contributed by atoms with van der Waals surface area (Å²) in [6.07, 6.45) is -5.12. The quantitative estimate of drug-likeness (QED) is 0.230. The van der Waals surface area contributed by atoms with Crippen molar-refractivity contribution >= 4 is 35.2 Å². The number of amides is 1. The number of hydrogen-bond donors (Lipinski definition) is 2. The van der Waals surface area contributed by atoms with Gasteiger partial charge in [-0.25, -0.2) is 9.59 Å². The van der Waals surface area contributed by atoms with E-state index in [0.717, 1.165) is 28.5 Å². The van der Waals surface area contributed by atoms with Crippen molar-refractivity contribution in [3.05, 3.63) is 113 Å². The summed E-state index contributed by atoms with van der Waals surface area (Å²) < 4.78 is 46.0. The molecule has 0 unspecified atom stereocenters. The zero-order valence-electron chi connectivity index (χ0n) is 22.7. The van der Waals surface area contributed by atoms with Crippen LogP contribution in [0.1, 0.15) is 45.9 Å². The molecule has 1 amide bonds. The first-order valence-electron chi connectivity index (χ1n) is 13.3. The Morgan fingerprint density at radius 1 is 0.976 bits per heavy atom. The van der Waals surface area contributed by atoms with Crippen molar-refractivity contribution in [2.45, 2.75) is 25.1 Å². The fourth-order valence-electron chi connectivity index (χ4n) is 5.45. The Bertz CT molecular complexity index is 1560. The lowest BCUT2D eigenvalue weighted by molar-refractivity contribution is -0.137. The van der Waals surface area contributed by atoms with Gasteiger partial charge in [0.25, 0.3) is 0 Å². The van der Waals surface area contributed by atoms with E-state index in [1.54, 1.807) is 6.07 Å². The standard InChI is InChI=1S/C32H29F3N2O4.ClH/c1-20(27-11-5-7-21-6-2-3-10-28(21)27)36-17-24-18-37(31(40)41-26-14-12-22(13-15-26)30(38)39)19-29(24)23-8-4-9-25(16-23)32(33,34)35;/h2-16,20,24,29,36H,17-19H2,1H3,(H,38,39);1H/t20-,24+,29-;/m1./s1. The van der Waals surface area contributed by atoms with Crippen molar-refractivity contribution in [2.75, 3.05) is 19.6 Å². The molecule has 1 aliphatic rings. The van der Waals surface area contributed by atoms with Crippen molar-refractivity contribution in [1.29, 1.82) is 0 Å². The van der Waals surface area contributed by atoms with E-state index in [9.17, 15) is 22.8 Å². The number of halogens is 4. The molecule has 0 bridgehead atoms. The van der Waals surface area contributed by atoms with Crippen LogP contribution in [-0.2, 0) is 6.18 Å². The third-order valence-corrected chi connectivity index (χ3v) is 7.62. The number of likely N-dealkylation sites (tertiary alicyclic amines) is 1. The number of aromatic carboxylic acids is 1. The van der Waals surface area contributed by atoms with E-state index >= 15 is 0 Å². The number of ether oxygens (including phenoxy) is 1. The highest BCUT2D eigenvalue weighted by atomic mass is 35.5. The van der Waals surface area contributed by atoms with Gasteiger partial charge in [-0.15, -0.1) is 12.4 Å². The van der Waals surface area contributed by atoms with Crippen LogP contribution in [-0.4, -0.2) is 41.7 Å². The highest BCUT2D eigenvalue weighted by molar-refractivity contribution is 5.88. The number of nitrogens with zero attached hydrogens (tertiary/aromatic N) is 1. The number of rotatable bonds is 7. The minimum absolute atomic E-state index is 0. The average molecular weight is 599 g/mol. The molecular weight excluding hydrogens is 569 g/mol. The fourth-order valence-corrected chi connectivity index (χ4v) is 5.45. The van der Waals surface area contributed by atoms with Gasteiger partial charge in [-0.05, 0) is 65.1 Å². The Balaban J connectivity index is 0.00000405. The predicted octanol–water partition coefficient (Wildman–Crippen LogP) is 7.54. The van der Waals surface area contributed by atoms with Crippen molar-refractivity contribution in [3.8, 4) is 5.75 Å². The number of carboxylic acid groups (broad SMARTS) is 1. The molecule has 1 heterocycles. The van der Waals surface area contributed by atoms with E-state index in [4.69, 9.17) is 9.84 Å². The first kappa shape index (κ1) is 30.9. The van der Waals surface area contributed by atoms with E-state index in [1.807, 2.05) is 37.3 Å². The number of carboxylic acids is 1. The maximum Gasteiger partial charge on any atom is 0.416 e.